The summed E-state index contributed by atoms with van der Waals surface area (Å²) in [5.74, 6) is 0.458. The molecule has 0 rings (SSSR count). The van der Waals surface area contributed by atoms with E-state index in [-0.39, 0.29) is 0 Å². The average molecular weight is 141 g/mol. The van der Waals surface area contributed by atoms with Crippen LogP contribution in [0.5, 0.6) is 0 Å². The van der Waals surface area contributed by atoms with Gasteiger partial charge in [0.05, 0.1) is 0 Å². The number of nitrogens with zero attached hydrogens (tertiary/aromatic N) is 1. The lowest BCUT2D eigenvalue weighted by Gasteiger charge is -1.98. The number of aliphatic imine (C=N–C) groups is 1. The van der Waals surface area contributed by atoms with E-state index >= 15 is 0 Å². The zero-order valence-electron chi connectivity index (χ0n) is 6.14. The highest BCUT2D eigenvalue weighted by Crippen LogP contribution is 1.87. The van der Waals surface area contributed by atoms with Gasteiger partial charge in [-0.3, -0.25) is 5.32 Å². The zero-order valence-corrected chi connectivity index (χ0v) is 6.14. The predicted molar refractivity (Wildman–Crippen MR) is 40.6 cm³/mol. The molecule has 0 unspecified atom stereocenters. The second kappa shape index (κ2) is 3.66. The summed E-state index contributed by atoms with van der Waals surface area (Å²) in [6.07, 6.45) is 0. The molecule has 0 saturated heterocycles. The van der Waals surface area contributed by atoms with Crippen LogP contribution < -0.4 is 11.1 Å². The number of carbonyl (C=O) groups is 1. The molecule has 0 bridgehead atoms. The Morgan fingerprint density at radius 3 is 2.40 bits per heavy atom. The van der Waals surface area contributed by atoms with Crippen molar-refractivity contribution in [3.8, 4) is 0 Å². The number of primary amides is 1. The summed E-state index contributed by atoms with van der Waals surface area (Å²) in [6.45, 7) is 6.89. The van der Waals surface area contributed by atoms with Crippen molar-refractivity contribution in [3.05, 3.63) is 12.3 Å². The summed E-state index contributed by atoms with van der Waals surface area (Å²) < 4.78 is 0. The summed E-state index contributed by atoms with van der Waals surface area (Å²) in [7, 11) is 0. The van der Waals surface area contributed by atoms with E-state index in [0.29, 0.717) is 11.5 Å². The van der Waals surface area contributed by atoms with Crippen molar-refractivity contribution in [2.75, 3.05) is 0 Å². The molecule has 0 aliphatic heterocycles. The highest BCUT2D eigenvalue weighted by Gasteiger charge is 1.92. The lowest BCUT2D eigenvalue weighted by Crippen LogP contribution is -2.33. The number of urea groups is 1. The van der Waals surface area contributed by atoms with Crippen molar-refractivity contribution in [1.82, 2.24) is 5.32 Å². The monoisotopic (exact) mass is 141 g/mol. The van der Waals surface area contributed by atoms with Crippen LogP contribution in [0.3, 0.4) is 0 Å². The van der Waals surface area contributed by atoms with Gasteiger partial charge in [-0.05, 0) is 13.8 Å². The molecule has 0 radical (unpaired) electrons. The quantitative estimate of drug-likeness (QED) is 0.407. The fourth-order valence-corrected chi connectivity index (χ4v) is 0.493. The molecule has 2 amide bonds. The highest BCUT2D eigenvalue weighted by molar-refractivity contribution is 5.95. The Hall–Kier alpha value is -1.32. The third-order valence-electron chi connectivity index (χ3n) is 0.663. The lowest BCUT2D eigenvalue weighted by molar-refractivity contribution is 0.253. The first kappa shape index (κ1) is 8.68. The Labute approximate surface area is 59.8 Å². The summed E-state index contributed by atoms with van der Waals surface area (Å²) in [4.78, 5) is 14.0. The normalized spacial score (nSPS) is 10.8. The molecule has 56 valence electrons. The summed E-state index contributed by atoms with van der Waals surface area (Å²) in [5, 5.41) is 2.30. The Bertz CT molecular complexity index is 183. The first-order chi connectivity index (χ1) is 4.52. The molecule has 0 heterocycles. The number of amidine groups is 1. The average Bonchev–Trinajstić information content (AvgIpc) is 1.58. The van der Waals surface area contributed by atoms with Gasteiger partial charge < -0.3 is 5.73 Å². The molecule has 4 heteroatoms. The number of rotatable bonds is 1. The molecule has 0 aromatic heterocycles. The van der Waals surface area contributed by atoms with E-state index in [9.17, 15) is 4.79 Å². The van der Waals surface area contributed by atoms with Gasteiger partial charge in [-0.2, -0.15) is 0 Å². The molecular formula is C6H11N3O. The standard InChI is InChI=1S/C6H11N3O/c1-4(2)8-5(3)9-6(7)10/h1H2,2-3H3,(H3,7,8,9,10). The van der Waals surface area contributed by atoms with E-state index in [4.69, 9.17) is 5.73 Å². The van der Waals surface area contributed by atoms with Gasteiger partial charge >= 0.3 is 6.03 Å². The van der Waals surface area contributed by atoms with E-state index in [1.54, 1.807) is 13.8 Å². The fourth-order valence-electron chi connectivity index (χ4n) is 0.493. The van der Waals surface area contributed by atoms with E-state index in [0.717, 1.165) is 0 Å². The van der Waals surface area contributed by atoms with Crippen molar-refractivity contribution in [1.29, 1.82) is 0 Å². The van der Waals surface area contributed by atoms with Gasteiger partial charge in [0.25, 0.3) is 0 Å². The Morgan fingerprint density at radius 2 is 2.10 bits per heavy atom. The Balaban J connectivity index is 3.95. The van der Waals surface area contributed by atoms with Crippen LogP contribution >= 0.6 is 0 Å². The SMILES string of the molecule is C=C(C)N=C(C)NC(N)=O. The molecule has 0 aliphatic rings. The van der Waals surface area contributed by atoms with Crippen molar-refractivity contribution in [2.24, 2.45) is 10.7 Å². The molecule has 0 fully saturated rings. The summed E-state index contributed by atoms with van der Waals surface area (Å²) in [6, 6.07) is -0.609. The number of amides is 2. The van der Waals surface area contributed by atoms with Crippen molar-refractivity contribution < 1.29 is 4.79 Å². The van der Waals surface area contributed by atoms with E-state index < -0.39 is 6.03 Å². The highest BCUT2D eigenvalue weighted by atomic mass is 16.2. The molecule has 0 aromatic carbocycles. The van der Waals surface area contributed by atoms with E-state index in [1.165, 1.54) is 0 Å². The molecule has 10 heavy (non-hydrogen) atoms. The maximum atomic E-state index is 10.2. The van der Waals surface area contributed by atoms with Crippen LogP contribution in [0, 0.1) is 0 Å². The number of allylic oxidation sites excluding steroid dienone is 1. The van der Waals surface area contributed by atoms with E-state index in [1.807, 2.05) is 0 Å². The van der Waals surface area contributed by atoms with Crippen molar-refractivity contribution in [2.45, 2.75) is 13.8 Å². The van der Waals surface area contributed by atoms with Gasteiger partial charge in [-0.1, -0.05) is 6.58 Å². The molecule has 0 saturated carbocycles. The maximum Gasteiger partial charge on any atom is 0.317 e. The molecule has 0 aromatic rings. The van der Waals surface area contributed by atoms with Crippen LogP contribution in [0.15, 0.2) is 17.3 Å². The predicted octanol–water partition coefficient (Wildman–Crippen LogP) is 0.607. The third-order valence-corrected chi connectivity index (χ3v) is 0.663. The van der Waals surface area contributed by atoms with Crippen molar-refractivity contribution in [3.63, 3.8) is 0 Å². The van der Waals surface area contributed by atoms with Gasteiger partial charge in [-0.15, -0.1) is 0 Å². The van der Waals surface area contributed by atoms with Crippen LogP contribution in [-0.4, -0.2) is 11.9 Å². The van der Waals surface area contributed by atoms with Crippen LogP contribution in [0.4, 0.5) is 4.79 Å². The summed E-state index contributed by atoms with van der Waals surface area (Å²) >= 11 is 0. The first-order valence-electron chi connectivity index (χ1n) is 2.79. The maximum absolute atomic E-state index is 10.2. The number of nitrogens with two attached hydrogens (primary N) is 1. The lowest BCUT2D eigenvalue weighted by atomic mass is 10.5. The van der Waals surface area contributed by atoms with Crippen LogP contribution in [0.25, 0.3) is 0 Å². The smallest absolute Gasteiger partial charge is 0.317 e. The van der Waals surface area contributed by atoms with Gasteiger partial charge in [0.2, 0.25) is 0 Å². The minimum atomic E-state index is -0.609. The third kappa shape index (κ3) is 4.83. The van der Waals surface area contributed by atoms with Gasteiger partial charge in [0.15, 0.2) is 0 Å². The van der Waals surface area contributed by atoms with Gasteiger partial charge in [0, 0.05) is 5.70 Å². The topological polar surface area (TPSA) is 67.5 Å². The molecule has 4 nitrogen and oxygen atoms in total. The number of hydrogen-bond acceptors (Lipinski definition) is 2. The fraction of sp³-hybridized carbons (Fsp3) is 0.333. The molecule has 0 aliphatic carbocycles. The van der Waals surface area contributed by atoms with E-state index in [2.05, 4.69) is 16.9 Å². The van der Waals surface area contributed by atoms with Crippen LogP contribution in [0.2, 0.25) is 0 Å². The molecule has 0 spiro atoms. The molecular weight excluding hydrogens is 130 g/mol. The second-order valence-corrected chi connectivity index (χ2v) is 1.92. The Morgan fingerprint density at radius 1 is 1.60 bits per heavy atom. The molecule has 3 N–H and O–H groups in total. The minimum Gasteiger partial charge on any atom is -0.351 e. The van der Waals surface area contributed by atoms with Crippen LogP contribution in [0.1, 0.15) is 13.8 Å². The number of nitrogens with one attached hydrogen (secondary N) is 1. The number of carbonyl (C=O) groups excluding carboxylic acids is 1. The van der Waals surface area contributed by atoms with Crippen molar-refractivity contribution >= 4 is 11.9 Å². The Kier molecular flexibility index (Phi) is 3.17. The molecule has 0 atom stereocenters. The minimum absolute atomic E-state index is 0.458. The van der Waals surface area contributed by atoms with Gasteiger partial charge in [0.1, 0.15) is 5.84 Å². The van der Waals surface area contributed by atoms with Gasteiger partial charge in [-0.25, -0.2) is 9.79 Å². The largest absolute Gasteiger partial charge is 0.351 e. The first-order valence-corrected chi connectivity index (χ1v) is 2.79. The summed E-state index contributed by atoms with van der Waals surface area (Å²) in [5.41, 5.74) is 5.44. The number of hydrogen-bond donors (Lipinski definition) is 2. The second-order valence-electron chi connectivity index (χ2n) is 1.92. The van der Waals surface area contributed by atoms with Crippen LogP contribution in [-0.2, 0) is 0 Å². The zero-order chi connectivity index (χ0) is 8.15.